The predicted molar refractivity (Wildman–Crippen MR) is 104 cm³/mol. The van der Waals surface area contributed by atoms with E-state index < -0.39 is 0 Å². The molecule has 3 rings (SSSR count). The van der Waals surface area contributed by atoms with E-state index in [4.69, 9.17) is 26.1 Å². The molecule has 26 heavy (non-hydrogen) atoms. The SMILES string of the molecule is CCC(=O)Oc1ccc2c(=S)c(-c3ccc(OC)cc3)c(CC)oc2c1. The maximum Gasteiger partial charge on any atom is 0.310 e. The van der Waals surface area contributed by atoms with Crippen LogP contribution in [0.3, 0.4) is 0 Å². The van der Waals surface area contributed by atoms with Crippen LogP contribution >= 0.6 is 12.2 Å². The van der Waals surface area contributed by atoms with E-state index in [0.29, 0.717) is 24.2 Å². The molecule has 0 aliphatic carbocycles. The summed E-state index contributed by atoms with van der Waals surface area (Å²) in [5.41, 5.74) is 2.52. The second kappa shape index (κ2) is 7.70. The molecular formula is C21H20O4S. The number of hydrogen-bond acceptors (Lipinski definition) is 5. The second-order valence-electron chi connectivity index (χ2n) is 5.80. The van der Waals surface area contributed by atoms with Crippen LogP contribution in [-0.2, 0) is 11.2 Å². The van der Waals surface area contributed by atoms with E-state index in [0.717, 1.165) is 32.5 Å². The normalized spacial score (nSPS) is 10.7. The average molecular weight is 368 g/mol. The molecule has 134 valence electrons. The van der Waals surface area contributed by atoms with Crippen molar-refractivity contribution in [2.75, 3.05) is 7.11 Å². The first kappa shape index (κ1) is 18.1. The van der Waals surface area contributed by atoms with Crippen molar-refractivity contribution >= 4 is 29.2 Å². The Labute approximate surface area is 157 Å². The molecular weight excluding hydrogens is 348 g/mol. The van der Waals surface area contributed by atoms with Gasteiger partial charge in [0.25, 0.3) is 0 Å². The maximum absolute atomic E-state index is 11.5. The van der Waals surface area contributed by atoms with E-state index in [1.54, 1.807) is 26.2 Å². The zero-order chi connectivity index (χ0) is 18.7. The Kier molecular flexibility index (Phi) is 5.38. The third-order valence-electron chi connectivity index (χ3n) is 4.16. The van der Waals surface area contributed by atoms with Crippen molar-refractivity contribution in [1.82, 2.24) is 0 Å². The van der Waals surface area contributed by atoms with Crippen molar-refractivity contribution in [3.63, 3.8) is 0 Å². The summed E-state index contributed by atoms with van der Waals surface area (Å²) in [5.74, 6) is 1.76. The lowest BCUT2D eigenvalue weighted by molar-refractivity contribution is -0.134. The predicted octanol–water partition coefficient (Wildman–Crippen LogP) is 5.72. The van der Waals surface area contributed by atoms with E-state index >= 15 is 0 Å². The molecule has 0 radical (unpaired) electrons. The molecule has 0 spiro atoms. The van der Waals surface area contributed by atoms with Gasteiger partial charge in [-0.3, -0.25) is 4.79 Å². The molecule has 1 aromatic heterocycles. The number of aryl methyl sites for hydroxylation is 1. The number of benzene rings is 2. The summed E-state index contributed by atoms with van der Waals surface area (Å²) >= 11 is 5.75. The van der Waals surface area contributed by atoms with Crippen molar-refractivity contribution in [2.45, 2.75) is 26.7 Å². The monoisotopic (exact) mass is 368 g/mol. The lowest BCUT2D eigenvalue weighted by Gasteiger charge is -2.12. The van der Waals surface area contributed by atoms with Gasteiger partial charge in [-0.15, -0.1) is 0 Å². The number of esters is 1. The summed E-state index contributed by atoms with van der Waals surface area (Å²) < 4.78 is 17.3. The van der Waals surface area contributed by atoms with Crippen LogP contribution in [0.15, 0.2) is 46.9 Å². The Morgan fingerprint density at radius 2 is 1.77 bits per heavy atom. The third-order valence-corrected chi connectivity index (χ3v) is 4.58. The van der Waals surface area contributed by atoms with Gasteiger partial charge in [0.05, 0.1) is 11.6 Å². The number of methoxy groups -OCH3 is 1. The van der Waals surface area contributed by atoms with Gasteiger partial charge in [0.1, 0.15) is 22.8 Å². The minimum atomic E-state index is -0.284. The van der Waals surface area contributed by atoms with Crippen molar-refractivity contribution in [3.05, 3.63) is 52.7 Å². The quantitative estimate of drug-likeness (QED) is 0.328. The second-order valence-corrected chi connectivity index (χ2v) is 6.21. The minimum absolute atomic E-state index is 0.284. The highest BCUT2D eigenvalue weighted by atomic mass is 32.1. The van der Waals surface area contributed by atoms with Crippen LogP contribution < -0.4 is 9.47 Å². The number of ether oxygens (including phenoxy) is 2. The fourth-order valence-electron chi connectivity index (χ4n) is 2.79. The lowest BCUT2D eigenvalue weighted by atomic mass is 10.0. The van der Waals surface area contributed by atoms with Gasteiger partial charge in [-0.05, 0) is 29.8 Å². The Morgan fingerprint density at radius 3 is 2.38 bits per heavy atom. The van der Waals surface area contributed by atoms with Crippen molar-refractivity contribution in [2.24, 2.45) is 0 Å². The van der Waals surface area contributed by atoms with Crippen LogP contribution in [0.4, 0.5) is 0 Å². The first-order valence-electron chi connectivity index (χ1n) is 8.52. The molecule has 0 aliphatic heterocycles. The van der Waals surface area contributed by atoms with Gasteiger partial charge in [0.2, 0.25) is 0 Å². The molecule has 0 N–H and O–H groups in total. The molecule has 0 atom stereocenters. The number of carbonyl (C=O) groups excluding carboxylic acids is 1. The van der Waals surface area contributed by atoms with E-state index in [-0.39, 0.29) is 5.97 Å². The average Bonchev–Trinajstić information content (AvgIpc) is 2.67. The molecule has 4 nitrogen and oxygen atoms in total. The van der Waals surface area contributed by atoms with Gasteiger partial charge in [-0.2, -0.15) is 0 Å². The van der Waals surface area contributed by atoms with E-state index in [1.165, 1.54) is 0 Å². The summed E-state index contributed by atoms with van der Waals surface area (Å²) in [4.78, 5) is 11.5. The first-order chi connectivity index (χ1) is 12.6. The fourth-order valence-corrected chi connectivity index (χ4v) is 3.19. The smallest absolute Gasteiger partial charge is 0.310 e. The Morgan fingerprint density at radius 1 is 1.08 bits per heavy atom. The Hall–Kier alpha value is -2.66. The van der Waals surface area contributed by atoms with Crippen LogP contribution in [0, 0.1) is 4.51 Å². The fraction of sp³-hybridized carbons (Fsp3) is 0.238. The van der Waals surface area contributed by atoms with E-state index in [9.17, 15) is 4.79 Å². The van der Waals surface area contributed by atoms with E-state index in [1.807, 2.05) is 37.3 Å². The zero-order valence-corrected chi connectivity index (χ0v) is 15.8. The molecule has 0 saturated carbocycles. The molecule has 0 amide bonds. The molecule has 0 fully saturated rings. The molecule has 1 heterocycles. The van der Waals surface area contributed by atoms with Crippen LogP contribution in [-0.4, -0.2) is 13.1 Å². The molecule has 5 heteroatoms. The highest BCUT2D eigenvalue weighted by Gasteiger charge is 2.14. The number of carbonyl (C=O) groups is 1. The van der Waals surface area contributed by atoms with Crippen LogP contribution in [0.1, 0.15) is 26.0 Å². The molecule has 0 unspecified atom stereocenters. The Bertz CT molecular complexity index is 1000. The highest BCUT2D eigenvalue weighted by molar-refractivity contribution is 7.71. The highest BCUT2D eigenvalue weighted by Crippen LogP contribution is 2.34. The number of rotatable bonds is 5. The van der Waals surface area contributed by atoms with Crippen molar-refractivity contribution < 1.29 is 18.7 Å². The number of hydrogen-bond donors (Lipinski definition) is 0. The van der Waals surface area contributed by atoms with Gasteiger partial charge in [0.15, 0.2) is 0 Å². The zero-order valence-electron chi connectivity index (χ0n) is 15.0. The third kappa shape index (κ3) is 3.48. The van der Waals surface area contributed by atoms with Crippen molar-refractivity contribution in [1.29, 1.82) is 0 Å². The number of fused-ring (bicyclic) bond motifs is 1. The lowest BCUT2D eigenvalue weighted by Crippen LogP contribution is -2.05. The molecule has 3 aromatic rings. The molecule has 0 saturated heterocycles. The van der Waals surface area contributed by atoms with Crippen LogP contribution in [0.2, 0.25) is 0 Å². The standard InChI is InChI=1S/C21H20O4S/c1-4-17-20(13-6-8-14(23-3)9-7-13)21(26)16-11-10-15(12-18(16)25-17)24-19(22)5-2/h6-12H,4-5H2,1-3H3. The summed E-state index contributed by atoms with van der Waals surface area (Å²) in [5, 5.41) is 0.819. The summed E-state index contributed by atoms with van der Waals surface area (Å²) in [6.45, 7) is 3.78. The topological polar surface area (TPSA) is 48.7 Å². The molecule has 0 aliphatic rings. The van der Waals surface area contributed by atoms with Gasteiger partial charge in [0, 0.05) is 29.9 Å². The summed E-state index contributed by atoms with van der Waals surface area (Å²) in [7, 11) is 1.64. The summed E-state index contributed by atoms with van der Waals surface area (Å²) in [6.07, 6.45) is 1.01. The Balaban J connectivity index is 2.15. The van der Waals surface area contributed by atoms with Gasteiger partial charge in [-0.1, -0.05) is 38.2 Å². The van der Waals surface area contributed by atoms with Crippen LogP contribution in [0.25, 0.3) is 22.1 Å². The maximum atomic E-state index is 11.5. The minimum Gasteiger partial charge on any atom is -0.497 e. The van der Waals surface area contributed by atoms with E-state index in [2.05, 4.69) is 0 Å². The molecule has 0 bridgehead atoms. The largest absolute Gasteiger partial charge is 0.497 e. The van der Waals surface area contributed by atoms with Crippen LogP contribution in [0.5, 0.6) is 11.5 Å². The van der Waals surface area contributed by atoms with Gasteiger partial charge in [-0.25, -0.2) is 0 Å². The van der Waals surface area contributed by atoms with Gasteiger partial charge >= 0.3 is 5.97 Å². The van der Waals surface area contributed by atoms with Gasteiger partial charge < -0.3 is 13.9 Å². The summed E-state index contributed by atoms with van der Waals surface area (Å²) in [6, 6.07) is 13.1. The molecule has 2 aromatic carbocycles. The van der Waals surface area contributed by atoms with Crippen molar-refractivity contribution in [3.8, 4) is 22.6 Å². The first-order valence-corrected chi connectivity index (χ1v) is 8.93.